The number of aliphatic carboxylic acids is 1. The van der Waals surface area contributed by atoms with E-state index >= 15 is 0 Å². The number of nitrogens with zero attached hydrogens (tertiary/aromatic N) is 1. The van der Waals surface area contributed by atoms with Crippen LogP contribution < -0.4 is 10.1 Å². The fourth-order valence-electron chi connectivity index (χ4n) is 3.13. The normalized spacial score (nSPS) is 17.6. The van der Waals surface area contributed by atoms with Crippen molar-refractivity contribution < 1.29 is 29.0 Å². The third kappa shape index (κ3) is 6.84. The summed E-state index contributed by atoms with van der Waals surface area (Å²) in [6.45, 7) is 1.41. The molecular formula is C20H28N2O6. The Morgan fingerprint density at radius 2 is 2.00 bits per heavy atom. The lowest BCUT2D eigenvalue weighted by atomic mass is 9.96. The molecule has 2 amide bonds. The number of carbonyl (C=O) groups excluding carboxylic acids is 2. The highest BCUT2D eigenvalue weighted by atomic mass is 16.5. The van der Waals surface area contributed by atoms with Crippen molar-refractivity contribution in [1.29, 1.82) is 0 Å². The summed E-state index contributed by atoms with van der Waals surface area (Å²) in [4.78, 5) is 37.8. The number of likely N-dealkylation sites (tertiary alicyclic amines) is 1. The van der Waals surface area contributed by atoms with Gasteiger partial charge in [0.15, 0.2) is 0 Å². The van der Waals surface area contributed by atoms with Crippen molar-refractivity contribution in [1.82, 2.24) is 10.2 Å². The standard InChI is InChI=1S/C20H28N2O6/c1-27-12-9-17(20(25)26)21-19(24)15-6-5-11-22(14-15)18(23)10-13-28-16-7-3-2-4-8-16/h2-4,7-8,15,17H,5-6,9-14H2,1H3,(H,21,24)(H,25,26). The zero-order valence-corrected chi connectivity index (χ0v) is 16.1. The van der Waals surface area contributed by atoms with Crippen molar-refractivity contribution >= 4 is 17.8 Å². The predicted octanol–water partition coefficient (Wildman–Crippen LogP) is 1.30. The van der Waals surface area contributed by atoms with Gasteiger partial charge in [-0.1, -0.05) is 18.2 Å². The fraction of sp³-hybridized carbons (Fsp3) is 0.550. The highest BCUT2D eigenvalue weighted by Gasteiger charge is 2.30. The Balaban J connectivity index is 1.80. The topological polar surface area (TPSA) is 105 Å². The van der Waals surface area contributed by atoms with Crippen molar-refractivity contribution in [2.24, 2.45) is 5.92 Å². The van der Waals surface area contributed by atoms with Crippen LogP contribution in [0.25, 0.3) is 0 Å². The van der Waals surface area contributed by atoms with E-state index in [9.17, 15) is 19.5 Å². The number of benzene rings is 1. The Kier molecular flexibility index (Phi) is 8.74. The average Bonchev–Trinajstić information content (AvgIpc) is 2.71. The molecule has 28 heavy (non-hydrogen) atoms. The number of para-hydroxylation sites is 1. The molecule has 2 rings (SSSR count). The number of rotatable bonds is 10. The lowest BCUT2D eigenvalue weighted by Gasteiger charge is -2.32. The highest BCUT2D eigenvalue weighted by molar-refractivity contribution is 5.86. The zero-order chi connectivity index (χ0) is 20.4. The van der Waals surface area contributed by atoms with Gasteiger partial charge in [-0.2, -0.15) is 0 Å². The third-order valence-electron chi connectivity index (χ3n) is 4.70. The predicted molar refractivity (Wildman–Crippen MR) is 102 cm³/mol. The van der Waals surface area contributed by atoms with Gasteiger partial charge in [0.2, 0.25) is 11.8 Å². The number of amides is 2. The van der Waals surface area contributed by atoms with Crippen LogP contribution in [0, 0.1) is 5.92 Å². The number of carbonyl (C=O) groups is 3. The number of nitrogens with one attached hydrogen (secondary N) is 1. The summed E-state index contributed by atoms with van der Waals surface area (Å²) in [6.07, 6.45) is 1.77. The number of ether oxygens (including phenoxy) is 2. The lowest BCUT2D eigenvalue weighted by Crippen LogP contribution is -2.49. The fourth-order valence-corrected chi connectivity index (χ4v) is 3.13. The van der Waals surface area contributed by atoms with Gasteiger partial charge >= 0.3 is 5.97 Å². The molecular weight excluding hydrogens is 364 g/mol. The molecule has 0 aliphatic carbocycles. The molecule has 0 radical (unpaired) electrons. The first kappa shape index (κ1) is 21.7. The molecule has 0 saturated carbocycles. The quantitative estimate of drug-likeness (QED) is 0.622. The van der Waals surface area contributed by atoms with E-state index in [4.69, 9.17) is 9.47 Å². The third-order valence-corrected chi connectivity index (χ3v) is 4.70. The van der Waals surface area contributed by atoms with E-state index in [0.717, 1.165) is 0 Å². The largest absolute Gasteiger partial charge is 0.493 e. The van der Waals surface area contributed by atoms with Crippen LogP contribution in [0.1, 0.15) is 25.7 Å². The molecule has 1 heterocycles. The van der Waals surface area contributed by atoms with Gasteiger partial charge in [0, 0.05) is 33.2 Å². The van der Waals surface area contributed by atoms with Gasteiger partial charge in [-0.05, 0) is 25.0 Å². The van der Waals surface area contributed by atoms with Gasteiger partial charge in [-0.25, -0.2) is 4.79 Å². The molecule has 1 aromatic carbocycles. The van der Waals surface area contributed by atoms with Gasteiger partial charge in [0.25, 0.3) is 0 Å². The first-order valence-electron chi connectivity index (χ1n) is 9.49. The van der Waals surface area contributed by atoms with Crippen LogP contribution >= 0.6 is 0 Å². The van der Waals surface area contributed by atoms with E-state index in [2.05, 4.69) is 5.32 Å². The SMILES string of the molecule is COCCC(NC(=O)C1CCCN(C(=O)CCOc2ccccc2)C1)C(=O)O. The van der Waals surface area contributed by atoms with E-state index in [0.29, 0.717) is 31.7 Å². The molecule has 1 aliphatic heterocycles. The van der Waals surface area contributed by atoms with Crippen LogP contribution in [0.4, 0.5) is 0 Å². The molecule has 8 heteroatoms. The molecule has 1 saturated heterocycles. The first-order chi connectivity index (χ1) is 13.5. The highest BCUT2D eigenvalue weighted by Crippen LogP contribution is 2.18. The van der Waals surface area contributed by atoms with Crippen molar-refractivity contribution in [3.05, 3.63) is 30.3 Å². The second-order valence-corrected chi connectivity index (χ2v) is 6.77. The van der Waals surface area contributed by atoms with Gasteiger partial charge in [-0.3, -0.25) is 9.59 Å². The van der Waals surface area contributed by atoms with Gasteiger partial charge in [-0.15, -0.1) is 0 Å². The molecule has 0 bridgehead atoms. The maximum absolute atomic E-state index is 12.5. The molecule has 8 nitrogen and oxygen atoms in total. The van der Waals surface area contributed by atoms with Gasteiger partial charge < -0.3 is 24.8 Å². The molecule has 2 N–H and O–H groups in total. The minimum Gasteiger partial charge on any atom is -0.493 e. The van der Waals surface area contributed by atoms with E-state index in [1.165, 1.54) is 7.11 Å². The summed E-state index contributed by atoms with van der Waals surface area (Å²) < 4.78 is 10.4. The number of piperidine rings is 1. The number of methoxy groups -OCH3 is 1. The van der Waals surface area contributed by atoms with E-state index in [1.54, 1.807) is 4.90 Å². The second kappa shape index (κ2) is 11.3. The van der Waals surface area contributed by atoms with Crippen LogP contribution in [0.2, 0.25) is 0 Å². The van der Waals surface area contributed by atoms with Crippen molar-refractivity contribution in [2.45, 2.75) is 31.7 Å². The summed E-state index contributed by atoms with van der Waals surface area (Å²) in [5, 5.41) is 11.8. The molecule has 2 unspecified atom stereocenters. The molecule has 1 aromatic rings. The number of hydrogen-bond acceptors (Lipinski definition) is 5. The minimum atomic E-state index is -1.09. The Morgan fingerprint density at radius 1 is 1.25 bits per heavy atom. The van der Waals surface area contributed by atoms with Crippen molar-refractivity contribution in [2.75, 3.05) is 33.4 Å². The summed E-state index contributed by atoms with van der Waals surface area (Å²) in [5.41, 5.74) is 0. The van der Waals surface area contributed by atoms with E-state index in [-0.39, 0.29) is 37.9 Å². The Hall–Kier alpha value is -2.61. The molecule has 1 aliphatic rings. The first-order valence-corrected chi connectivity index (χ1v) is 9.49. The summed E-state index contributed by atoms with van der Waals surface area (Å²) in [7, 11) is 1.48. The maximum Gasteiger partial charge on any atom is 0.326 e. The van der Waals surface area contributed by atoms with E-state index in [1.807, 2.05) is 30.3 Å². The molecule has 0 spiro atoms. The van der Waals surface area contributed by atoms with Crippen molar-refractivity contribution in [3.63, 3.8) is 0 Å². The summed E-state index contributed by atoms with van der Waals surface area (Å²) >= 11 is 0. The number of carboxylic acids is 1. The van der Waals surface area contributed by atoms with Crippen LogP contribution in [-0.2, 0) is 19.1 Å². The van der Waals surface area contributed by atoms with Crippen LogP contribution in [0.3, 0.4) is 0 Å². The smallest absolute Gasteiger partial charge is 0.326 e. The summed E-state index contributed by atoms with van der Waals surface area (Å²) in [6, 6.07) is 8.28. The minimum absolute atomic E-state index is 0.0670. The average molecular weight is 392 g/mol. The Morgan fingerprint density at radius 3 is 2.68 bits per heavy atom. The van der Waals surface area contributed by atoms with Gasteiger partial charge in [0.05, 0.1) is 18.9 Å². The number of hydrogen-bond donors (Lipinski definition) is 2. The zero-order valence-electron chi connectivity index (χ0n) is 16.1. The molecule has 0 aromatic heterocycles. The molecule has 2 atom stereocenters. The monoisotopic (exact) mass is 392 g/mol. The Bertz CT molecular complexity index is 651. The van der Waals surface area contributed by atoms with Crippen LogP contribution in [-0.4, -0.2) is 67.2 Å². The van der Waals surface area contributed by atoms with E-state index < -0.39 is 17.9 Å². The van der Waals surface area contributed by atoms with Crippen LogP contribution in [0.5, 0.6) is 5.75 Å². The van der Waals surface area contributed by atoms with Gasteiger partial charge in [0.1, 0.15) is 11.8 Å². The lowest BCUT2D eigenvalue weighted by molar-refractivity contribution is -0.144. The molecule has 1 fully saturated rings. The second-order valence-electron chi connectivity index (χ2n) is 6.77. The Labute approximate surface area is 164 Å². The van der Waals surface area contributed by atoms with Crippen molar-refractivity contribution in [3.8, 4) is 5.75 Å². The molecule has 154 valence electrons. The van der Waals surface area contributed by atoms with Crippen LogP contribution in [0.15, 0.2) is 30.3 Å². The summed E-state index contributed by atoms with van der Waals surface area (Å²) in [5.74, 6) is -1.18. The maximum atomic E-state index is 12.5. The number of carboxylic acid groups (broad SMARTS) is 1.